The number of rotatable bonds is 2. The van der Waals surface area contributed by atoms with Gasteiger partial charge < -0.3 is 9.47 Å². The van der Waals surface area contributed by atoms with Crippen molar-refractivity contribution < 1.29 is 19.1 Å². The number of thioether (sulfide) groups is 1. The summed E-state index contributed by atoms with van der Waals surface area (Å²) in [6.07, 6.45) is 0. The lowest BCUT2D eigenvalue weighted by molar-refractivity contribution is -0.155. The van der Waals surface area contributed by atoms with Gasteiger partial charge in [-0.1, -0.05) is 11.8 Å². The van der Waals surface area contributed by atoms with Crippen LogP contribution in [0.25, 0.3) is 0 Å². The van der Waals surface area contributed by atoms with Crippen molar-refractivity contribution in [3.8, 4) is 0 Å². The summed E-state index contributed by atoms with van der Waals surface area (Å²) in [6, 6.07) is 0. The molecule has 0 spiro atoms. The van der Waals surface area contributed by atoms with Gasteiger partial charge in [0.2, 0.25) is 0 Å². The zero-order chi connectivity index (χ0) is 11.7. The third kappa shape index (κ3) is 1.64. The minimum absolute atomic E-state index is 0.142. The van der Waals surface area contributed by atoms with Crippen molar-refractivity contribution in [2.24, 2.45) is 16.9 Å². The Bertz CT molecular complexity index is 346. The summed E-state index contributed by atoms with van der Waals surface area (Å²) in [6.45, 7) is 0.403. The van der Waals surface area contributed by atoms with Gasteiger partial charge in [0.25, 0.3) is 0 Å². The van der Waals surface area contributed by atoms with E-state index in [0.29, 0.717) is 6.54 Å². The minimum atomic E-state index is -0.509. The highest BCUT2D eigenvalue weighted by Gasteiger charge is 2.52. The van der Waals surface area contributed by atoms with Crippen molar-refractivity contribution in [1.82, 2.24) is 5.01 Å². The average Bonchev–Trinajstić information content (AvgIpc) is 2.86. The molecule has 16 heavy (non-hydrogen) atoms. The fourth-order valence-electron chi connectivity index (χ4n) is 2.01. The molecule has 0 aromatic heterocycles. The number of ether oxygens (including phenoxy) is 2. The van der Waals surface area contributed by atoms with Gasteiger partial charge in [-0.25, -0.2) is 0 Å². The van der Waals surface area contributed by atoms with Crippen LogP contribution in [-0.2, 0) is 19.1 Å². The molecule has 2 heterocycles. The maximum atomic E-state index is 11.7. The molecule has 88 valence electrons. The number of nitrogens with zero attached hydrogens (tertiary/aromatic N) is 2. The number of hydrogen-bond acceptors (Lipinski definition) is 7. The molecule has 0 N–H and O–H groups in total. The van der Waals surface area contributed by atoms with Crippen molar-refractivity contribution in [2.75, 3.05) is 20.8 Å². The lowest BCUT2D eigenvalue weighted by Gasteiger charge is -2.17. The van der Waals surface area contributed by atoms with Gasteiger partial charge in [0.15, 0.2) is 0 Å². The van der Waals surface area contributed by atoms with E-state index in [2.05, 4.69) is 9.84 Å². The van der Waals surface area contributed by atoms with Crippen molar-refractivity contribution in [3.63, 3.8) is 0 Å². The Kier molecular flexibility index (Phi) is 3.04. The monoisotopic (exact) mass is 244 g/mol. The molecule has 3 atom stereocenters. The van der Waals surface area contributed by atoms with Crippen molar-refractivity contribution in [3.05, 3.63) is 0 Å². The fraction of sp³-hybridized carbons (Fsp3) is 0.667. The second-order valence-corrected chi connectivity index (χ2v) is 4.51. The lowest BCUT2D eigenvalue weighted by Crippen LogP contribution is -2.33. The van der Waals surface area contributed by atoms with Crippen LogP contribution in [0.15, 0.2) is 5.10 Å². The van der Waals surface area contributed by atoms with Crippen molar-refractivity contribution >= 4 is 29.2 Å². The molecule has 1 saturated heterocycles. The second kappa shape index (κ2) is 4.32. The Morgan fingerprint density at radius 3 is 2.69 bits per heavy atom. The molecule has 0 aromatic carbocycles. The van der Waals surface area contributed by atoms with E-state index in [-0.39, 0.29) is 17.3 Å². The van der Waals surface area contributed by atoms with Gasteiger partial charge in [0, 0.05) is 0 Å². The Morgan fingerprint density at radius 1 is 1.38 bits per heavy atom. The summed E-state index contributed by atoms with van der Waals surface area (Å²) < 4.78 is 9.41. The Balaban J connectivity index is 2.21. The Morgan fingerprint density at radius 2 is 2.06 bits per heavy atom. The molecule has 0 aliphatic carbocycles. The van der Waals surface area contributed by atoms with E-state index < -0.39 is 11.8 Å². The van der Waals surface area contributed by atoms with E-state index in [1.54, 1.807) is 10.6 Å². The van der Waals surface area contributed by atoms with Gasteiger partial charge in [0.05, 0.1) is 32.2 Å². The molecular weight excluding hydrogens is 232 g/mol. The minimum Gasteiger partial charge on any atom is -0.469 e. The van der Waals surface area contributed by atoms with Crippen molar-refractivity contribution in [2.45, 2.75) is 5.37 Å². The van der Waals surface area contributed by atoms with Crippen LogP contribution in [0.2, 0.25) is 0 Å². The first-order valence-electron chi connectivity index (χ1n) is 4.79. The van der Waals surface area contributed by atoms with E-state index in [9.17, 15) is 9.59 Å². The van der Waals surface area contributed by atoms with Crippen LogP contribution in [0.4, 0.5) is 0 Å². The zero-order valence-corrected chi connectivity index (χ0v) is 9.77. The van der Waals surface area contributed by atoms with E-state index in [4.69, 9.17) is 4.74 Å². The molecule has 6 nitrogen and oxygen atoms in total. The predicted octanol–water partition coefficient (Wildman–Crippen LogP) is -0.103. The van der Waals surface area contributed by atoms with E-state index in [1.807, 2.05) is 0 Å². The summed E-state index contributed by atoms with van der Waals surface area (Å²) in [7, 11) is 2.64. The number of esters is 2. The molecule has 0 saturated carbocycles. The molecule has 0 aromatic rings. The first-order valence-corrected chi connectivity index (χ1v) is 5.73. The number of hydrogen-bond donors (Lipinski definition) is 0. The molecular formula is C9H12N2O4S. The number of carbonyl (C=O) groups is 2. The molecule has 2 aliphatic rings. The van der Waals surface area contributed by atoms with Crippen LogP contribution in [-0.4, -0.2) is 48.6 Å². The van der Waals surface area contributed by atoms with Crippen LogP contribution in [0.3, 0.4) is 0 Å². The molecule has 1 fully saturated rings. The smallest absolute Gasteiger partial charge is 0.312 e. The van der Waals surface area contributed by atoms with Gasteiger partial charge in [0.1, 0.15) is 11.3 Å². The zero-order valence-electron chi connectivity index (χ0n) is 8.95. The largest absolute Gasteiger partial charge is 0.469 e. The second-order valence-electron chi connectivity index (χ2n) is 3.55. The fourth-order valence-corrected chi connectivity index (χ4v) is 3.06. The Labute approximate surface area is 96.9 Å². The van der Waals surface area contributed by atoms with Gasteiger partial charge >= 0.3 is 11.9 Å². The first kappa shape index (κ1) is 11.3. The van der Waals surface area contributed by atoms with E-state index in [0.717, 1.165) is 0 Å². The Hall–Kier alpha value is -1.24. The SMILES string of the molecule is COC(=O)[C@H]1CN2N=CSC2[C@@H]1C(=O)OC. The third-order valence-electron chi connectivity index (χ3n) is 2.79. The molecule has 0 amide bonds. The summed E-state index contributed by atoms with van der Waals surface area (Å²) in [4.78, 5) is 23.2. The maximum Gasteiger partial charge on any atom is 0.312 e. The molecule has 0 bridgehead atoms. The van der Waals surface area contributed by atoms with E-state index in [1.165, 1.54) is 26.0 Å². The van der Waals surface area contributed by atoms with Crippen LogP contribution in [0.5, 0.6) is 0 Å². The van der Waals surface area contributed by atoms with Crippen LogP contribution in [0, 0.1) is 11.8 Å². The molecule has 0 radical (unpaired) electrons. The normalized spacial score (nSPS) is 31.4. The number of methoxy groups -OCH3 is 2. The average molecular weight is 244 g/mol. The highest BCUT2D eigenvalue weighted by atomic mass is 32.2. The van der Waals surface area contributed by atoms with Crippen LogP contribution >= 0.6 is 11.8 Å². The van der Waals surface area contributed by atoms with Gasteiger partial charge in [-0.05, 0) is 0 Å². The van der Waals surface area contributed by atoms with Gasteiger partial charge in [-0.15, -0.1) is 0 Å². The van der Waals surface area contributed by atoms with Gasteiger partial charge in [-0.2, -0.15) is 5.10 Å². The number of fused-ring (bicyclic) bond motifs is 1. The standard InChI is InChI=1S/C9H12N2O4S/c1-14-8(12)5-3-11-7(16-4-10-11)6(5)9(13)15-2/h4-7H,3H2,1-2H3/t5-,6+,7?/m0/s1. The van der Waals surface area contributed by atoms with Crippen LogP contribution < -0.4 is 0 Å². The lowest BCUT2D eigenvalue weighted by atomic mass is 9.96. The topological polar surface area (TPSA) is 68.2 Å². The quantitative estimate of drug-likeness (QED) is 0.632. The van der Waals surface area contributed by atoms with E-state index >= 15 is 0 Å². The van der Waals surface area contributed by atoms with Crippen molar-refractivity contribution in [1.29, 1.82) is 0 Å². The third-order valence-corrected chi connectivity index (χ3v) is 3.82. The summed E-state index contributed by atoms with van der Waals surface area (Å²) in [5.41, 5.74) is 1.67. The molecule has 2 rings (SSSR count). The number of carbonyl (C=O) groups excluding carboxylic acids is 2. The van der Waals surface area contributed by atoms with Gasteiger partial charge in [-0.3, -0.25) is 14.6 Å². The maximum absolute atomic E-state index is 11.7. The highest BCUT2D eigenvalue weighted by molar-refractivity contribution is 8.12. The summed E-state index contributed by atoms with van der Waals surface area (Å²) >= 11 is 1.42. The highest BCUT2D eigenvalue weighted by Crippen LogP contribution is 2.40. The molecule has 7 heteroatoms. The molecule has 1 unspecified atom stereocenters. The first-order chi connectivity index (χ1) is 7.69. The van der Waals surface area contributed by atoms with Crippen LogP contribution in [0.1, 0.15) is 0 Å². The number of hydrazone groups is 1. The predicted molar refractivity (Wildman–Crippen MR) is 57.6 cm³/mol. The molecule has 2 aliphatic heterocycles. The summed E-state index contributed by atoms with van der Waals surface area (Å²) in [5, 5.41) is 5.68. The summed E-state index contributed by atoms with van der Waals surface area (Å²) in [5.74, 6) is -1.78.